The molecule has 0 aliphatic heterocycles. The molecule has 1 fully saturated rings. The first-order valence-corrected chi connectivity index (χ1v) is 5.89. The van der Waals surface area contributed by atoms with E-state index in [2.05, 4.69) is 19.1 Å². The average molecular weight is 209 g/mol. The van der Waals surface area contributed by atoms with Crippen LogP contribution in [0, 0.1) is 5.92 Å². The second kappa shape index (κ2) is 4.35. The van der Waals surface area contributed by atoms with Crippen LogP contribution in [-0.4, -0.2) is 0 Å². The molecule has 0 nitrogen and oxygen atoms in total. The lowest BCUT2D eigenvalue weighted by molar-refractivity contribution is 0.344. The van der Waals surface area contributed by atoms with Crippen molar-refractivity contribution >= 4 is 11.6 Å². The van der Waals surface area contributed by atoms with Crippen LogP contribution >= 0.6 is 11.6 Å². The summed E-state index contributed by atoms with van der Waals surface area (Å²) in [4.78, 5) is 0. The van der Waals surface area contributed by atoms with Crippen molar-refractivity contribution in [2.45, 2.75) is 38.5 Å². The lowest BCUT2D eigenvalue weighted by atomic mass is 9.79. The zero-order chi connectivity index (χ0) is 9.97. The summed E-state index contributed by atoms with van der Waals surface area (Å²) in [6.07, 6.45) is 5.37. The third-order valence-electron chi connectivity index (χ3n) is 3.28. The van der Waals surface area contributed by atoms with Crippen molar-refractivity contribution in [3.63, 3.8) is 0 Å². The minimum Gasteiger partial charge on any atom is -0.0840 e. The second-order valence-electron chi connectivity index (χ2n) is 4.49. The molecule has 0 radical (unpaired) electrons. The number of halogens is 1. The van der Waals surface area contributed by atoms with Crippen LogP contribution < -0.4 is 0 Å². The van der Waals surface area contributed by atoms with Gasteiger partial charge in [0.25, 0.3) is 0 Å². The molecule has 0 N–H and O–H groups in total. The molecule has 1 aromatic carbocycles. The van der Waals surface area contributed by atoms with Crippen molar-refractivity contribution in [3.05, 3.63) is 34.9 Å². The van der Waals surface area contributed by atoms with Gasteiger partial charge in [-0.3, -0.25) is 0 Å². The summed E-state index contributed by atoms with van der Waals surface area (Å²) in [5.74, 6) is 1.57. The van der Waals surface area contributed by atoms with Gasteiger partial charge in [0.05, 0.1) is 0 Å². The summed E-state index contributed by atoms with van der Waals surface area (Å²) in [5, 5.41) is 0.951. The van der Waals surface area contributed by atoms with E-state index in [9.17, 15) is 0 Å². The molecule has 1 aliphatic carbocycles. The molecule has 76 valence electrons. The van der Waals surface area contributed by atoms with Crippen LogP contribution in [0.1, 0.15) is 44.1 Å². The first-order chi connectivity index (χ1) is 6.77. The van der Waals surface area contributed by atoms with Crippen LogP contribution in [-0.2, 0) is 0 Å². The Morgan fingerprint density at radius 2 is 2.00 bits per heavy atom. The monoisotopic (exact) mass is 208 g/mol. The van der Waals surface area contributed by atoms with Gasteiger partial charge in [0.2, 0.25) is 0 Å². The van der Waals surface area contributed by atoms with Crippen molar-refractivity contribution < 1.29 is 0 Å². The van der Waals surface area contributed by atoms with Crippen molar-refractivity contribution in [1.82, 2.24) is 0 Å². The Kier molecular flexibility index (Phi) is 3.12. The summed E-state index contributed by atoms with van der Waals surface area (Å²) < 4.78 is 0. The third-order valence-corrected chi connectivity index (χ3v) is 3.63. The van der Waals surface area contributed by atoms with E-state index in [0.717, 1.165) is 10.9 Å². The fourth-order valence-corrected chi connectivity index (χ4v) is 2.81. The second-order valence-corrected chi connectivity index (χ2v) is 4.90. The molecular formula is C13H17Cl. The lowest BCUT2D eigenvalue weighted by Gasteiger charge is -2.27. The molecule has 0 saturated heterocycles. The van der Waals surface area contributed by atoms with Crippen LogP contribution in [0.15, 0.2) is 24.3 Å². The fourth-order valence-electron chi connectivity index (χ4n) is 2.52. The highest BCUT2D eigenvalue weighted by Gasteiger charge is 2.21. The Labute approximate surface area is 91.3 Å². The first kappa shape index (κ1) is 10.0. The Morgan fingerprint density at radius 1 is 1.21 bits per heavy atom. The first-order valence-electron chi connectivity index (χ1n) is 5.52. The summed E-state index contributed by atoms with van der Waals surface area (Å²) in [5.41, 5.74) is 1.36. The maximum absolute atomic E-state index is 6.21. The number of hydrogen-bond donors (Lipinski definition) is 0. The summed E-state index contributed by atoms with van der Waals surface area (Å²) in [7, 11) is 0. The number of rotatable bonds is 1. The van der Waals surface area contributed by atoms with Gasteiger partial charge in [-0.15, -0.1) is 0 Å². The van der Waals surface area contributed by atoms with Crippen molar-refractivity contribution in [1.29, 1.82) is 0 Å². The Bertz CT molecular complexity index is 306. The standard InChI is InChI=1S/C13H17Cl/c1-10-5-4-6-11(9-10)12-7-2-3-8-13(12)14/h2-3,7-8,10-11H,4-6,9H2,1H3. The molecule has 1 aromatic rings. The molecule has 2 rings (SSSR count). The zero-order valence-electron chi connectivity index (χ0n) is 8.67. The lowest BCUT2D eigenvalue weighted by Crippen LogP contribution is -2.11. The van der Waals surface area contributed by atoms with E-state index in [1.54, 1.807) is 0 Å². The molecule has 2 atom stereocenters. The third kappa shape index (κ3) is 2.12. The Hall–Kier alpha value is -0.490. The van der Waals surface area contributed by atoms with Crippen molar-refractivity contribution in [3.8, 4) is 0 Å². The molecule has 1 aliphatic rings. The van der Waals surface area contributed by atoms with Gasteiger partial charge in [-0.1, -0.05) is 49.6 Å². The van der Waals surface area contributed by atoms with Gasteiger partial charge >= 0.3 is 0 Å². The van der Waals surface area contributed by atoms with Crippen LogP contribution in [0.5, 0.6) is 0 Å². The van der Waals surface area contributed by atoms with E-state index in [0.29, 0.717) is 5.92 Å². The SMILES string of the molecule is CC1CCCC(c2ccccc2Cl)C1. The summed E-state index contributed by atoms with van der Waals surface area (Å²) in [6, 6.07) is 8.31. The van der Waals surface area contributed by atoms with E-state index < -0.39 is 0 Å². The molecular weight excluding hydrogens is 192 g/mol. The normalized spacial score (nSPS) is 27.6. The van der Waals surface area contributed by atoms with Gasteiger partial charge in [0, 0.05) is 5.02 Å². The topological polar surface area (TPSA) is 0 Å². The van der Waals surface area contributed by atoms with Crippen molar-refractivity contribution in [2.75, 3.05) is 0 Å². The largest absolute Gasteiger partial charge is 0.0840 e. The van der Waals surface area contributed by atoms with E-state index in [4.69, 9.17) is 11.6 Å². The number of benzene rings is 1. The van der Waals surface area contributed by atoms with Crippen LogP contribution in [0.25, 0.3) is 0 Å². The Balaban J connectivity index is 2.18. The molecule has 2 unspecified atom stereocenters. The molecule has 1 saturated carbocycles. The van der Waals surface area contributed by atoms with Gasteiger partial charge in [-0.2, -0.15) is 0 Å². The molecule has 0 spiro atoms. The highest BCUT2D eigenvalue weighted by Crippen LogP contribution is 2.38. The smallest absolute Gasteiger partial charge is 0.0440 e. The van der Waals surface area contributed by atoms with Gasteiger partial charge in [-0.25, -0.2) is 0 Å². The van der Waals surface area contributed by atoms with E-state index in [-0.39, 0.29) is 0 Å². The maximum Gasteiger partial charge on any atom is 0.0440 e. The van der Waals surface area contributed by atoms with Gasteiger partial charge in [-0.05, 0) is 36.3 Å². The molecule has 0 amide bonds. The van der Waals surface area contributed by atoms with Gasteiger partial charge in [0.1, 0.15) is 0 Å². The zero-order valence-corrected chi connectivity index (χ0v) is 9.43. The van der Waals surface area contributed by atoms with Crippen LogP contribution in [0.3, 0.4) is 0 Å². The minimum absolute atomic E-state index is 0.701. The van der Waals surface area contributed by atoms with E-state index in [1.165, 1.54) is 31.2 Å². The van der Waals surface area contributed by atoms with Gasteiger partial charge in [0.15, 0.2) is 0 Å². The average Bonchev–Trinajstić information content (AvgIpc) is 2.18. The van der Waals surface area contributed by atoms with Crippen LogP contribution in [0.4, 0.5) is 0 Å². The van der Waals surface area contributed by atoms with E-state index in [1.807, 2.05) is 12.1 Å². The highest BCUT2D eigenvalue weighted by atomic mass is 35.5. The van der Waals surface area contributed by atoms with E-state index >= 15 is 0 Å². The fraction of sp³-hybridized carbons (Fsp3) is 0.538. The highest BCUT2D eigenvalue weighted by molar-refractivity contribution is 6.31. The molecule has 0 heterocycles. The minimum atomic E-state index is 0.701. The summed E-state index contributed by atoms with van der Waals surface area (Å²) >= 11 is 6.21. The molecule has 0 aromatic heterocycles. The van der Waals surface area contributed by atoms with Crippen LogP contribution in [0.2, 0.25) is 5.02 Å². The quantitative estimate of drug-likeness (QED) is 0.631. The van der Waals surface area contributed by atoms with Gasteiger partial charge < -0.3 is 0 Å². The molecule has 0 bridgehead atoms. The predicted octanol–water partition coefficient (Wildman–Crippen LogP) is 4.63. The molecule has 1 heteroatoms. The Morgan fingerprint density at radius 3 is 2.71 bits per heavy atom. The molecule has 14 heavy (non-hydrogen) atoms. The van der Waals surface area contributed by atoms with Crippen molar-refractivity contribution in [2.24, 2.45) is 5.92 Å². The predicted molar refractivity (Wildman–Crippen MR) is 61.8 cm³/mol. The number of hydrogen-bond acceptors (Lipinski definition) is 0. The maximum atomic E-state index is 6.21. The summed E-state index contributed by atoms with van der Waals surface area (Å²) in [6.45, 7) is 2.35.